The highest BCUT2D eigenvalue weighted by molar-refractivity contribution is 8.05. The highest BCUT2D eigenvalue weighted by Gasteiger charge is 2.24. The zero-order valence-corrected chi connectivity index (χ0v) is 18.8. The molecule has 2 aromatic rings. The molecule has 0 radical (unpaired) electrons. The Morgan fingerprint density at radius 3 is 2.41 bits per heavy atom. The largest absolute Gasteiger partial charge is 0.392 e. The minimum atomic E-state index is -0.117. The van der Waals surface area contributed by atoms with Crippen LogP contribution in [0.4, 0.5) is 11.4 Å². The number of rotatable bonds is 9. The Morgan fingerprint density at radius 2 is 1.75 bits per heavy atom. The van der Waals surface area contributed by atoms with Crippen molar-refractivity contribution in [3.8, 4) is 0 Å². The lowest BCUT2D eigenvalue weighted by atomic mass is 10.2. The van der Waals surface area contributed by atoms with Gasteiger partial charge in [-0.15, -0.1) is 11.8 Å². The number of nitrogens with zero attached hydrogens (tertiary/aromatic N) is 2. The summed E-state index contributed by atoms with van der Waals surface area (Å²) in [6.45, 7) is 2.69. The molecule has 8 heteroatoms. The summed E-state index contributed by atoms with van der Waals surface area (Å²) in [5.74, 6) is -0.117. The maximum atomic E-state index is 12.1. The topological polar surface area (TPSA) is 95.8 Å². The van der Waals surface area contributed by atoms with Crippen molar-refractivity contribution < 1.29 is 29.8 Å². The number of amides is 1. The van der Waals surface area contributed by atoms with Gasteiger partial charge in [0.1, 0.15) is 0 Å². The third-order valence-electron chi connectivity index (χ3n) is 4.99. The molecule has 0 fully saturated rings. The number of nitrogens with one attached hydrogen (secondary N) is 1. The molecule has 1 aliphatic heterocycles. The number of aliphatic hydroxyl groups is 1. The van der Waals surface area contributed by atoms with Gasteiger partial charge in [0.2, 0.25) is 12.4 Å². The van der Waals surface area contributed by atoms with Crippen LogP contribution < -0.4 is 5.32 Å². The molecule has 1 unspecified atom stereocenters. The van der Waals surface area contributed by atoms with Gasteiger partial charge in [-0.1, -0.05) is 19.4 Å². The summed E-state index contributed by atoms with van der Waals surface area (Å²) in [4.78, 5) is 13.0. The molecular formula is C24H29N3O4S+2. The highest BCUT2D eigenvalue weighted by Crippen LogP contribution is 2.30. The average molecular weight is 456 g/mol. The van der Waals surface area contributed by atoms with Crippen molar-refractivity contribution in [3.05, 3.63) is 70.6 Å². The number of allylic oxidation sites excluding steroid dienone is 2. The monoisotopic (exact) mass is 455 g/mol. The maximum Gasteiger partial charge on any atom is 0.257 e. The average Bonchev–Trinajstić information content (AvgIpc) is 3.25. The second-order valence-corrected chi connectivity index (χ2v) is 8.76. The van der Waals surface area contributed by atoms with Crippen LogP contribution in [0.2, 0.25) is 0 Å². The fourth-order valence-electron chi connectivity index (χ4n) is 3.12. The summed E-state index contributed by atoms with van der Waals surface area (Å²) in [7, 11) is 0. The molecule has 4 N–H and O–H groups in total. The lowest BCUT2D eigenvalue weighted by molar-refractivity contribution is -0.710. The Balaban J connectivity index is 1.58. The van der Waals surface area contributed by atoms with Crippen molar-refractivity contribution >= 4 is 41.5 Å². The van der Waals surface area contributed by atoms with E-state index >= 15 is 0 Å². The first-order valence-corrected chi connectivity index (χ1v) is 11.5. The second-order valence-electron chi connectivity index (χ2n) is 7.45. The summed E-state index contributed by atoms with van der Waals surface area (Å²) in [6, 6.07) is 13.8. The van der Waals surface area contributed by atoms with Gasteiger partial charge in [0.25, 0.3) is 17.3 Å². The quantitative estimate of drug-likeness (QED) is 0.151. The predicted octanol–water partition coefficient (Wildman–Crippen LogP) is 4.01. The van der Waals surface area contributed by atoms with E-state index in [0.29, 0.717) is 29.9 Å². The number of carbonyl (C=O) groups excluding carboxylic acids is 1. The van der Waals surface area contributed by atoms with Gasteiger partial charge < -0.3 is 10.4 Å². The van der Waals surface area contributed by atoms with Crippen LogP contribution in [0.3, 0.4) is 0 Å². The molecular weight excluding hydrogens is 426 g/mol. The molecule has 32 heavy (non-hydrogen) atoms. The van der Waals surface area contributed by atoms with Crippen molar-refractivity contribution in [1.29, 1.82) is 0 Å². The molecule has 0 aliphatic carbocycles. The van der Waals surface area contributed by atoms with Crippen molar-refractivity contribution in [2.24, 2.45) is 0 Å². The summed E-state index contributed by atoms with van der Waals surface area (Å²) >= 11 is 1.53. The molecule has 0 spiro atoms. The van der Waals surface area contributed by atoms with Gasteiger partial charge in [0.15, 0.2) is 0 Å². The predicted molar refractivity (Wildman–Crippen MR) is 126 cm³/mol. The number of unbranched alkanes of at least 4 members (excludes halogenated alkanes) is 1. The molecule has 0 aromatic heterocycles. The molecule has 1 amide bonds. The number of carbonyl (C=O) groups is 1. The number of aliphatic hydroxyl groups excluding tert-OH is 1. The van der Waals surface area contributed by atoms with Gasteiger partial charge in [-0.3, -0.25) is 15.2 Å². The lowest BCUT2D eigenvalue weighted by Gasteiger charge is -2.04. The van der Waals surface area contributed by atoms with E-state index in [1.165, 1.54) is 11.8 Å². The molecule has 0 bridgehead atoms. The summed E-state index contributed by atoms with van der Waals surface area (Å²) in [5.41, 5.74) is 2.50. The van der Waals surface area contributed by atoms with Crippen LogP contribution in [-0.2, 0) is 6.61 Å². The Morgan fingerprint density at radius 1 is 1.09 bits per heavy atom. The van der Waals surface area contributed by atoms with Gasteiger partial charge in [-0.05, 0) is 42.7 Å². The van der Waals surface area contributed by atoms with E-state index in [1.807, 2.05) is 6.08 Å². The Bertz CT molecular complexity index is 1010. The minimum absolute atomic E-state index is 0.00781. The van der Waals surface area contributed by atoms with Gasteiger partial charge in [-0.2, -0.15) is 0 Å². The Labute approximate surface area is 192 Å². The van der Waals surface area contributed by atoms with Crippen LogP contribution >= 0.6 is 11.8 Å². The van der Waals surface area contributed by atoms with Crippen molar-refractivity contribution in [1.82, 2.24) is 5.32 Å². The molecule has 2 aromatic carbocycles. The number of hydrogen-bond acceptors (Lipinski definition) is 5. The van der Waals surface area contributed by atoms with Crippen LogP contribution in [0, 0.1) is 0 Å². The Kier molecular flexibility index (Phi) is 8.47. The first kappa shape index (κ1) is 23.6. The van der Waals surface area contributed by atoms with Gasteiger partial charge in [-0.25, -0.2) is 0 Å². The summed E-state index contributed by atoms with van der Waals surface area (Å²) < 4.78 is 2.11. The fourth-order valence-corrected chi connectivity index (χ4v) is 4.19. The molecule has 1 atom stereocenters. The van der Waals surface area contributed by atoms with Gasteiger partial charge in [0, 0.05) is 45.9 Å². The molecule has 1 heterocycles. The maximum absolute atomic E-state index is 12.1. The van der Waals surface area contributed by atoms with E-state index < -0.39 is 0 Å². The lowest BCUT2D eigenvalue weighted by Crippen LogP contribution is -2.24. The highest BCUT2D eigenvalue weighted by atomic mass is 32.2. The van der Waals surface area contributed by atoms with E-state index in [2.05, 4.69) is 12.2 Å². The molecule has 0 saturated carbocycles. The van der Waals surface area contributed by atoms with Crippen molar-refractivity contribution in [2.45, 2.75) is 38.0 Å². The van der Waals surface area contributed by atoms with Crippen molar-refractivity contribution in [3.63, 3.8) is 0 Å². The first-order chi connectivity index (χ1) is 15.5. The molecule has 168 valence electrons. The van der Waals surface area contributed by atoms with Crippen LogP contribution in [0.25, 0.3) is 0 Å². The smallest absolute Gasteiger partial charge is 0.257 e. The van der Waals surface area contributed by atoms with Crippen LogP contribution in [0.15, 0.2) is 59.5 Å². The molecule has 0 saturated heterocycles. The zero-order valence-electron chi connectivity index (χ0n) is 18.0. The fraction of sp³-hybridized carbons (Fsp3) is 0.292. The molecule has 1 aliphatic rings. The number of benzene rings is 2. The van der Waals surface area contributed by atoms with Crippen LogP contribution in [0.5, 0.6) is 0 Å². The van der Waals surface area contributed by atoms with Crippen LogP contribution in [-0.4, -0.2) is 55.1 Å². The van der Waals surface area contributed by atoms with E-state index in [0.717, 1.165) is 32.8 Å². The van der Waals surface area contributed by atoms with E-state index in [1.54, 1.807) is 61.0 Å². The number of thioether (sulfide) groups is 1. The van der Waals surface area contributed by atoms with E-state index in [4.69, 9.17) is 5.11 Å². The Hall–Kier alpha value is -3.10. The third-order valence-corrected chi connectivity index (χ3v) is 6.15. The second kappa shape index (κ2) is 11.5. The SMILES string of the molecule is CCCCNC(=O)c1ccc(/[N+](O)=C/C2CC=C(/C=[N+](/O)c3ccc(CO)cc3)S2)cc1. The van der Waals surface area contributed by atoms with Gasteiger partial charge in [0.05, 0.1) is 16.8 Å². The third kappa shape index (κ3) is 6.45. The normalized spacial score (nSPS) is 16.7. The van der Waals surface area contributed by atoms with Crippen molar-refractivity contribution in [2.75, 3.05) is 6.54 Å². The van der Waals surface area contributed by atoms with Crippen LogP contribution in [0.1, 0.15) is 42.1 Å². The molecule has 7 nitrogen and oxygen atoms in total. The van der Waals surface area contributed by atoms with E-state index in [9.17, 15) is 15.2 Å². The van der Waals surface area contributed by atoms with Gasteiger partial charge >= 0.3 is 0 Å². The standard InChI is InChI=1S/C24H28N3O4S/c1-2-3-14-25-24(29)19-6-10-21(11-7-19)27(31)16-23-13-12-22(32-23)15-26(30)20-8-4-18(17-28)5-9-20/h4-12,15-16,23,28H,2-3,13-14,17H2,1H3,(H2-,25,29,30,31)/q+1/p+1/b26-15+,27-16-. The zero-order chi connectivity index (χ0) is 22.9. The minimum Gasteiger partial charge on any atom is -0.392 e. The summed E-state index contributed by atoms with van der Waals surface area (Å²) in [5, 5.41) is 32.7. The van der Waals surface area contributed by atoms with E-state index in [-0.39, 0.29) is 17.8 Å². The molecule has 3 rings (SSSR count). The summed E-state index contributed by atoms with van der Waals surface area (Å²) in [6.07, 6.45) is 8.00. The first-order valence-electron chi connectivity index (χ1n) is 10.6. The number of hydrogen-bond donors (Lipinski definition) is 4.